The summed E-state index contributed by atoms with van der Waals surface area (Å²) in [4.78, 5) is 19.7. The third-order valence-electron chi connectivity index (χ3n) is 2.17. The molecule has 17 heavy (non-hydrogen) atoms. The summed E-state index contributed by atoms with van der Waals surface area (Å²) < 4.78 is 6.90. The fourth-order valence-electron chi connectivity index (χ4n) is 1.40. The maximum Gasteiger partial charge on any atom is 0.357 e. The van der Waals surface area contributed by atoms with E-state index in [4.69, 9.17) is 4.74 Å². The van der Waals surface area contributed by atoms with Crippen LogP contribution >= 0.6 is 22.6 Å². The van der Waals surface area contributed by atoms with Crippen molar-refractivity contribution in [1.82, 2.24) is 19.7 Å². The number of nitrogens with zero attached hydrogens (tertiary/aromatic N) is 4. The van der Waals surface area contributed by atoms with Crippen molar-refractivity contribution in [1.29, 1.82) is 0 Å². The average molecular weight is 344 g/mol. The maximum absolute atomic E-state index is 11.6. The highest BCUT2D eigenvalue weighted by molar-refractivity contribution is 14.1. The van der Waals surface area contributed by atoms with Gasteiger partial charge in [-0.05, 0) is 22.6 Å². The molecule has 0 aromatic carbocycles. The summed E-state index contributed by atoms with van der Waals surface area (Å²) in [6.07, 6.45) is 4.77. The molecule has 88 valence electrons. The van der Waals surface area contributed by atoms with Crippen molar-refractivity contribution in [3.05, 3.63) is 27.9 Å². The van der Waals surface area contributed by atoms with Crippen molar-refractivity contribution < 1.29 is 9.53 Å². The molecule has 2 heterocycles. The molecular weight excluding hydrogens is 335 g/mol. The highest BCUT2D eigenvalue weighted by Crippen LogP contribution is 2.24. The van der Waals surface area contributed by atoms with E-state index < -0.39 is 5.97 Å². The van der Waals surface area contributed by atoms with E-state index in [0.29, 0.717) is 20.7 Å². The van der Waals surface area contributed by atoms with Crippen LogP contribution in [0.25, 0.3) is 11.4 Å². The standard InChI is InChI=1S/C10H9IN4O2/c1-15-9(10(16)17-2)7(11)8(14-15)6-5-12-3-4-13-6/h3-5H,1-2H3. The minimum absolute atomic E-state index is 0.411. The third kappa shape index (κ3) is 2.14. The Labute approximate surface area is 111 Å². The Balaban J connectivity index is 2.56. The van der Waals surface area contributed by atoms with Gasteiger partial charge in [-0.2, -0.15) is 5.10 Å². The molecule has 0 unspecified atom stereocenters. The molecule has 0 aliphatic rings. The second-order valence-electron chi connectivity index (χ2n) is 3.22. The zero-order chi connectivity index (χ0) is 12.4. The molecule has 0 saturated carbocycles. The molecule has 0 spiro atoms. The first-order valence-electron chi connectivity index (χ1n) is 4.72. The lowest BCUT2D eigenvalue weighted by molar-refractivity contribution is 0.0587. The van der Waals surface area contributed by atoms with Crippen LogP contribution in [0.15, 0.2) is 18.6 Å². The summed E-state index contributed by atoms with van der Waals surface area (Å²) >= 11 is 2.05. The molecule has 0 atom stereocenters. The molecule has 7 heteroatoms. The van der Waals surface area contributed by atoms with Gasteiger partial charge in [-0.25, -0.2) is 4.79 Å². The quantitative estimate of drug-likeness (QED) is 0.606. The lowest BCUT2D eigenvalue weighted by Gasteiger charge is -1.98. The molecule has 6 nitrogen and oxygen atoms in total. The smallest absolute Gasteiger partial charge is 0.357 e. The minimum atomic E-state index is -0.417. The first-order valence-corrected chi connectivity index (χ1v) is 5.80. The second kappa shape index (κ2) is 4.78. The van der Waals surface area contributed by atoms with Gasteiger partial charge in [-0.3, -0.25) is 14.6 Å². The van der Waals surface area contributed by atoms with Gasteiger partial charge in [0.05, 0.1) is 16.9 Å². The van der Waals surface area contributed by atoms with E-state index in [0.717, 1.165) is 0 Å². The van der Waals surface area contributed by atoms with Crippen LogP contribution in [0.5, 0.6) is 0 Å². The molecule has 0 aliphatic heterocycles. The van der Waals surface area contributed by atoms with Crippen LogP contribution in [0.2, 0.25) is 0 Å². The molecule has 2 rings (SSSR count). The van der Waals surface area contributed by atoms with Gasteiger partial charge in [0, 0.05) is 19.4 Å². The maximum atomic E-state index is 11.6. The fourth-order valence-corrected chi connectivity index (χ4v) is 2.36. The van der Waals surface area contributed by atoms with E-state index in [1.165, 1.54) is 11.8 Å². The summed E-state index contributed by atoms with van der Waals surface area (Å²) in [6, 6.07) is 0. The zero-order valence-corrected chi connectivity index (χ0v) is 11.4. The number of hydrogen-bond acceptors (Lipinski definition) is 5. The van der Waals surface area contributed by atoms with Crippen LogP contribution in [0.3, 0.4) is 0 Å². The van der Waals surface area contributed by atoms with Crippen LogP contribution in [-0.2, 0) is 11.8 Å². The Bertz CT molecular complexity index is 553. The van der Waals surface area contributed by atoms with Crippen molar-refractivity contribution >= 4 is 28.6 Å². The molecule has 0 aliphatic carbocycles. The summed E-state index contributed by atoms with van der Waals surface area (Å²) in [5.41, 5.74) is 1.66. The SMILES string of the molecule is COC(=O)c1c(I)c(-c2cnccn2)nn1C. The summed E-state index contributed by atoms with van der Waals surface area (Å²) in [6.45, 7) is 0. The van der Waals surface area contributed by atoms with Crippen molar-refractivity contribution in [3.8, 4) is 11.4 Å². The molecule has 2 aromatic heterocycles. The van der Waals surface area contributed by atoms with Crippen LogP contribution in [0.4, 0.5) is 0 Å². The minimum Gasteiger partial charge on any atom is -0.464 e. The van der Waals surface area contributed by atoms with Crippen molar-refractivity contribution in [3.63, 3.8) is 0 Å². The highest BCUT2D eigenvalue weighted by atomic mass is 127. The van der Waals surface area contributed by atoms with E-state index in [1.54, 1.807) is 25.6 Å². The van der Waals surface area contributed by atoms with E-state index in [-0.39, 0.29) is 0 Å². The third-order valence-corrected chi connectivity index (χ3v) is 3.20. The zero-order valence-electron chi connectivity index (χ0n) is 9.22. The van der Waals surface area contributed by atoms with Crippen molar-refractivity contribution in [2.75, 3.05) is 7.11 Å². The molecule has 0 bridgehead atoms. The molecule has 0 radical (unpaired) electrons. The predicted molar refractivity (Wildman–Crippen MR) is 68.3 cm³/mol. The summed E-state index contributed by atoms with van der Waals surface area (Å²) in [5, 5.41) is 4.26. The van der Waals surface area contributed by atoms with Gasteiger partial charge in [-0.1, -0.05) is 0 Å². The van der Waals surface area contributed by atoms with E-state index >= 15 is 0 Å². The van der Waals surface area contributed by atoms with Gasteiger partial charge in [0.15, 0.2) is 5.69 Å². The number of ether oxygens (including phenoxy) is 1. The van der Waals surface area contributed by atoms with E-state index in [9.17, 15) is 4.79 Å². The number of esters is 1. The number of halogens is 1. The largest absolute Gasteiger partial charge is 0.464 e. The number of carbonyl (C=O) groups is 1. The van der Waals surface area contributed by atoms with Crippen LogP contribution in [0, 0.1) is 3.57 Å². The first kappa shape index (κ1) is 12.0. The molecule has 0 fully saturated rings. The van der Waals surface area contributed by atoms with Crippen molar-refractivity contribution in [2.24, 2.45) is 7.05 Å². The molecule has 0 N–H and O–H groups in total. The van der Waals surface area contributed by atoms with Gasteiger partial charge in [0.2, 0.25) is 0 Å². The van der Waals surface area contributed by atoms with Crippen LogP contribution < -0.4 is 0 Å². The van der Waals surface area contributed by atoms with Crippen molar-refractivity contribution in [2.45, 2.75) is 0 Å². The Morgan fingerprint density at radius 2 is 2.24 bits per heavy atom. The Morgan fingerprint density at radius 3 is 2.82 bits per heavy atom. The predicted octanol–water partition coefficient (Wildman–Crippen LogP) is 1.27. The molecule has 2 aromatic rings. The first-order chi connectivity index (χ1) is 8.15. The van der Waals surface area contributed by atoms with Gasteiger partial charge < -0.3 is 4.74 Å². The number of aryl methyl sites for hydroxylation is 1. The van der Waals surface area contributed by atoms with Crippen LogP contribution in [-0.4, -0.2) is 32.8 Å². The number of methoxy groups -OCH3 is 1. The van der Waals surface area contributed by atoms with E-state index in [1.807, 2.05) is 0 Å². The lowest BCUT2D eigenvalue weighted by Crippen LogP contribution is -2.09. The number of rotatable bonds is 2. The summed E-state index contributed by atoms with van der Waals surface area (Å²) in [5.74, 6) is -0.417. The average Bonchev–Trinajstić information content (AvgIpc) is 2.65. The molecular formula is C10H9IN4O2. The number of hydrogen-bond donors (Lipinski definition) is 0. The number of carbonyl (C=O) groups excluding carboxylic acids is 1. The molecule has 0 saturated heterocycles. The summed E-state index contributed by atoms with van der Waals surface area (Å²) in [7, 11) is 3.03. The Morgan fingerprint density at radius 1 is 1.47 bits per heavy atom. The topological polar surface area (TPSA) is 69.9 Å². The van der Waals surface area contributed by atoms with Gasteiger partial charge in [0.1, 0.15) is 11.4 Å². The van der Waals surface area contributed by atoms with Crippen LogP contribution in [0.1, 0.15) is 10.5 Å². The van der Waals surface area contributed by atoms with E-state index in [2.05, 4.69) is 37.7 Å². The Kier molecular flexibility index (Phi) is 3.36. The normalized spacial score (nSPS) is 10.3. The number of aromatic nitrogens is 4. The molecule has 0 amide bonds. The van der Waals surface area contributed by atoms with Gasteiger partial charge >= 0.3 is 5.97 Å². The van der Waals surface area contributed by atoms with Gasteiger partial charge in [0.25, 0.3) is 0 Å². The van der Waals surface area contributed by atoms with Gasteiger partial charge in [-0.15, -0.1) is 0 Å². The Hall–Kier alpha value is -1.51. The lowest BCUT2D eigenvalue weighted by atomic mass is 10.3. The second-order valence-corrected chi connectivity index (χ2v) is 4.30. The fraction of sp³-hybridized carbons (Fsp3) is 0.200. The monoisotopic (exact) mass is 344 g/mol. The highest BCUT2D eigenvalue weighted by Gasteiger charge is 2.22.